The number of ether oxygens (including phenoxy) is 2. The van der Waals surface area contributed by atoms with Crippen LogP contribution in [-0.2, 0) is 21.2 Å². The van der Waals surface area contributed by atoms with Crippen molar-refractivity contribution in [2.45, 2.75) is 38.1 Å². The summed E-state index contributed by atoms with van der Waals surface area (Å²) < 4.78 is 39.4. The van der Waals surface area contributed by atoms with E-state index in [1.165, 1.54) is 12.1 Å². The summed E-state index contributed by atoms with van der Waals surface area (Å²) in [5.41, 5.74) is 3.13. The number of hydrogen-bond donors (Lipinski definition) is 1. The maximum Gasteiger partial charge on any atom is 0.265 e. The van der Waals surface area contributed by atoms with E-state index < -0.39 is 10.0 Å². The molecule has 0 fully saturated rings. The molecule has 1 N–H and O–H groups in total. The lowest BCUT2D eigenvalue weighted by Crippen LogP contribution is -2.39. The van der Waals surface area contributed by atoms with E-state index in [0.29, 0.717) is 29.4 Å². The highest BCUT2D eigenvalue weighted by atomic mass is 32.2. The van der Waals surface area contributed by atoms with Crippen LogP contribution in [0, 0.1) is 6.92 Å². The first kappa shape index (κ1) is 23.6. The minimum atomic E-state index is -3.78. The number of nitrogens with one attached hydrogen (secondary N) is 1. The third-order valence-electron chi connectivity index (χ3n) is 5.70. The van der Waals surface area contributed by atoms with Crippen molar-refractivity contribution in [3.63, 3.8) is 0 Å². The topological polar surface area (TPSA) is 84.9 Å². The van der Waals surface area contributed by atoms with E-state index in [1.807, 2.05) is 38.1 Å². The monoisotopic (exact) mass is 480 g/mol. The van der Waals surface area contributed by atoms with E-state index in [4.69, 9.17) is 9.47 Å². The van der Waals surface area contributed by atoms with E-state index in [2.05, 4.69) is 4.72 Å². The van der Waals surface area contributed by atoms with Gasteiger partial charge in [-0.2, -0.15) is 0 Å². The molecule has 3 aromatic rings. The molecule has 1 heterocycles. The number of carbonyl (C=O) groups excluding carboxylic acids is 1. The first-order valence-corrected chi connectivity index (χ1v) is 12.7. The molecule has 4 rings (SSSR count). The van der Waals surface area contributed by atoms with Gasteiger partial charge in [-0.05, 0) is 86.8 Å². The summed E-state index contributed by atoms with van der Waals surface area (Å²) in [5.74, 6) is 1.00. The predicted octanol–water partition coefficient (Wildman–Crippen LogP) is 4.55. The molecule has 34 heavy (non-hydrogen) atoms. The Morgan fingerprint density at radius 2 is 1.79 bits per heavy atom. The van der Waals surface area contributed by atoms with Crippen LogP contribution < -0.4 is 19.1 Å². The third kappa shape index (κ3) is 5.02. The molecule has 0 aliphatic carbocycles. The van der Waals surface area contributed by atoms with Gasteiger partial charge in [-0.15, -0.1) is 0 Å². The number of carbonyl (C=O) groups is 1. The molecule has 1 aliphatic heterocycles. The van der Waals surface area contributed by atoms with E-state index in [-0.39, 0.29) is 23.5 Å². The largest absolute Gasteiger partial charge is 0.494 e. The molecule has 1 atom stereocenters. The summed E-state index contributed by atoms with van der Waals surface area (Å²) in [5, 5.41) is 0. The first-order valence-electron chi connectivity index (χ1n) is 11.2. The molecule has 178 valence electrons. The van der Waals surface area contributed by atoms with Gasteiger partial charge in [0.25, 0.3) is 15.9 Å². The summed E-state index contributed by atoms with van der Waals surface area (Å²) in [7, 11) is -3.78. The van der Waals surface area contributed by atoms with Gasteiger partial charge in [-0.3, -0.25) is 9.52 Å². The Hall–Kier alpha value is -3.52. The summed E-state index contributed by atoms with van der Waals surface area (Å²) in [6.07, 6.45) is 0.814. The fourth-order valence-corrected chi connectivity index (χ4v) is 5.25. The molecule has 7 nitrogen and oxygen atoms in total. The van der Waals surface area contributed by atoms with Gasteiger partial charge in [0.2, 0.25) is 0 Å². The molecule has 0 saturated carbocycles. The quantitative estimate of drug-likeness (QED) is 0.511. The molecule has 1 aliphatic rings. The minimum absolute atomic E-state index is 0.0655. The van der Waals surface area contributed by atoms with Gasteiger partial charge in [0.15, 0.2) is 6.61 Å². The van der Waals surface area contributed by atoms with Crippen molar-refractivity contribution >= 4 is 27.3 Å². The lowest BCUT2D eigenvalue weighted by molar-refractivity contribution is -0.120. The van der Waals surface area contributed by atoms with Crippen molar-refractivity contribution in [1.29, 1.82) is 0 Å². The van der Waals surface area contributed by atoms with Gasteiger partial charge in [-0.25, -0.2) is 8.42 Å². The average Bonchev–Trinajstić information content (AvgIpc) is 3.15. The number of sulfonamides is 1. The first-order chi connectivity index (χ1) is 16.3. The van der Waals surface area contributed by atoms with Crippen LogP contribution in [0.4, 0.5) is 11.4 Å². The van der Waals surface area contributed by atoms with Crippen LogP contribution in [0.5, 0.6) is 11.5 Å². The predicted molar refractivity (Wildman–Crippen MR) is 132 cm³/mol. The zero-order valence-corrected chi connectivity index (χ0v) is 20.3. The van der Waals surface area contributed by atoms with Crippen LogP contribution in [0.1, 0.15) is 25.0 Å². The third-order valence-corrected chi connectivity index (χ3v) is 7.08. The fraction of sp³-hybridized carbons (Fsp3) is 0.269. The second-order valence-electron chi connectivity index (χ2n) is 8.22. The maximum atomic E-state index is 12.9. The highest BCUT2D eigenvalue weighted by Gasteiger charge is 2.30. The standard InChI is InChI=1S/C26H28N2O5S/c1-4-32-22-11-9-21(10-12-22)27-34(30,31)23-13-14-25(18(2)15-23)33-17-26(29)28-19(3)16-20-7-5-6-8-24(20)28/h5-15,19,27H,4,16-17H2,1-3H3/t19-/m0/s1. The molecule has 0 saturated heterocycles. The number of anilines is 2. The van der Waals surface area contributed by atoms with Gasteiger partial charge in [0.1, 0.15) is 11.5 Å². The van der Waals surface area contributed by atoms with E-state index >= 15 is 0 Å². The van der Waals surface area contributed by atoms with Gasteiger partial charge in [0.05, 0.1) is 11.5 Å². The zero-order chi connectivity index (χ0) is 24.3. The van der Waals surface area contributed by atoms with Crippen LogP contribution in [0.15, 0.2) is 71.6 Å². The second-order valence-corrected chi connectivity index (χ2v) is 9.91. The molecule has 0 unspecified atom stereocenters. The van der Waals surface area contributed by atoms with Gasteiger partial charge < -0.3 is 14.4 Å². The molecule has 0 radical (unpaired) electrons. The van der Waals surface area contributed by atoms with Crippen molar-refractivity contribution in [1.82, 2.24) is 0 Å². The summed E-state index contributed by atoms with van der Waals surface area (Å²) in [6, 6.07) is 19.2. The Bertz CT molecular complexity index is 1290. The Morgan fingerprint density at radius 1 is 1.06 bits per heavy atom. The van der Waals surface area contributed by atoms with Crippen LogP contribution in [0.3, 0.4) is 0 Å². The zero-order valence-electron chi connectivity index (χ0n) is 19.4. The Kier molecular flexibility index (Phi) is 6.79. The SMILES string of the molecule is CCOc1ccc(NS(=O)(=O)c2ccc(OCC(=O)N3c4ccccc4C[C@@H]3C)c(C)c2)cc1. The molecule has 0 spiro atoms. The van der Waals surface area contributed by atoms with Crippen molar-refractivity contribution in [3.8, 4) is 11.5 Å². The summed E-state index contributed by atoms with van der Waals surface area (Å²) in [4.78, 5) is 14.8. The lowest BCUT2D eigenvalue weighted by Gasteiger charge is -2.23. The summed E-state index contributed by atoms with van der Waals surface area (Å²) in [6.45, 7) is 6.06. The van der Waals surface area contributed by atoms with Gasteiger partial charge in [-0.1, -0.05) is 18.2 Å². The molecule has 3 aromatic carbocycles. The van der Waals surface area contributed by atoms with E-state index in [1.54, 1.807) is 42.2 Å². The fourth-order valence-electron chi connectivity index (χ4n) is 4.11. The van der Waals surface area contributed by atoms with Crippen molar-refractivity contribution in [2.24, 2.45) is 0 Å². The number of nitrogens with zero attached hydrogens (tertiary/aromatic N) is 1. The van der Waals surface area contributed by atoms with Gasteiger partial charge in [0, 0.05) is 17.4 Å². The molecule has 8 heteroatoms. The lowest BCUT2D eigenvalue weighted by atomic mass is 10.1. The van der Waals surface area contributed by atoms with Crippen LogP contribution in [0.25, 0.3) is 0 Å². The van der Waals surface area contributed by atoms with Crippen molar-refractivity contribution < 1.29 is 22.7 Å². The summed E-state index contributed by atoms with van der Waals surface area (Å²) >= 11 is 0. The number of para-hydroxylation sites is 1. The number of benzene rings is 3. The van der Waals surface area contributed by atoms with Crippen molar-refractivity contribution in [3.05, 3.63) is 77.9 Å². The Balaban J connectivity index is 1.42. The highest BCUT2D eigenvalue weighted by Crippen LogP contribution is 2.32. The number of hydrogen-bond acceptors (Lipinski definition) is 5. The number of amides is 1. The molecule has 0 bridgehead atoms. The number of fused-ring (bicyclic) bond motifs is 1. The minimum Gasteiger partial charge on any atom is -0.494 e. The molecular weight excluding hydrogens is 452 g/mol. The Labute approximate surface area is 200 Å². The second kappa shape index (κ2) is 9.77. The van der Waals surface area contributed by atoms with Crippen LogP contribution in [-0.4, -0.2) is 33.6 Å². The van der Waals surface area contributed by atoms with Crippen LogP contribution in [0.2, 0.25) is 0 Å². The van der Waals surface area contributed by atoms with Gasteiger partial charge >= 0.3 is 0 Å². The Morgan fingerprint density at radius 3 is 2.50 bits per heavy atom. The van der Waals surface area contributed by atoms with Crippen LogP contribution >= 0.6 is 0 Å². The van der Waals surface area contributed by atoms with E-state index in [0.717, 1.165) is 17.7 Å². The smallest absolute Gasteiger partial charge is 0.265 e. The highest BCUT2D eigenvalue weighted by molar-refractivity contribution is 7.92. The average molecular weight is 481 g/mol. The molecular formula is C26H28N2O5S. The molecule has 1 amide bonds. The normalized spacial score (nSPS) is 15.0. The number of rotatable bonds is 8. The molecule has 0 aromatic heterocycles. The van der Waals surface area contributed by atoms with Crippen molar-refractivity contribution in [2.75, 3.05) is 22.8 Å². The maximum absolute atomic E-state index is 12.9. The number of aryl methyl sites for hydroxylation is 1. The van der Waals surface area contributed by atoms with E-state index in [9.17, 15) is 13.2 Å².